The summed E-state index contributed by atoms with van der Waals surface area (Å²) in [6, 6.07) is 9.42. The first kappa shape index (κ1) is 15.6. The smallest absolute Gasteiger partial charge is 0.271 e. The average molecular weight is 344 g/mol. The Bertz CT molecular complexity index is 694. The highest BCUT2D eigenvalue weighted by Gasteiger charge is 2.06. The number of amides is 1. The van der Waals surface area contributed by atoms with Crippen LogP contribution in [0.2, 0.25) is 15.1 Å². The first-order valence-electron chi connectivity index (χ1n) is 5.74. The van der Waals surface area contributed by atoms with Crippen molar-refractivity contribution in [1.82, 2.24) is 5.43 Å². The number of carbonyl (C=O) groups excluding carboxylic acids is 1. The molecule has 2 N–H and O–H groups in total. The molecule has 0 aliphatic carbocycles. The topological polar surface area (TPSA) is 61.7 Å². The van der Waals surface area contributed by atoms with Gasteiger partial charge in [0, 0.05) is 10.6 Å². The molecule has 0 heterocycles. The first-order valence-corrected chi connectivity index (χ1v) is 6.88. The summed E-state index contributed by atoms with van der Waals surface area (Å²) in [6.45, 7) is 0. The number of halogens is 3. The molecule has 0 fully saturated rings. The van der Waals surface area contributed by atoms with E-state index in [9.17, 15) is 9.90 Å². The van der Waals surface area contributed by atoms with E-state index in [0.29, 0.717) is 16.1 Å². The third kappa shape index (κ3) is 4.11. The van der Waals surface area contributed by atoms with E-state index >= 15 is 0 Å². The minimum absolute atomic E-state index is 0.102. The molecular weight excluding hydrogens is 335 g/mol. The highest BCUT2D eigenvalue weighted by molar-refractivity contribution is 6.37. The third-order valence-corrected chi connectivity index (χ3v) is 3.32. The highest BCUT2D eigenvalue weighted by atomic mass is 35.5. The molecule has 0 radical (unpaired) electrons. The van der Waals surface area contributed by atoms with E-state index in [0.717, 1.165) is 0 Å². The molecule has 0 atom stereocenters. The second kappa shape index (κ2) is 6.80. The van der Waals surface area contributed by atoms with Gasteiger partial charge < -0.3 is 5.11 Å². The minimum Gasteiger partial charge on any atom is -0.505 e. The molecule has 1 amide bonds. The Kier molecular flexibility index (Phi) is 5.07. The molecule has 0 aromatic heterocycles. The van der Waals surface area contributed by atoms with Crippen LogP contribution < -0.4 is 5.43 Å². The van der Waals surface area contributed by atoms with Crippen molar-refractivity contribution < 1.29 is 9.90 Å². The number of aromatic hydroxyl groups is 1. The van der Waals surface area contributed by atoms with Crippen LogP contribution in [0.15, 0.2) is 41.5 Å². The van der Waals surface area contributed by atoms with Crippen molar-refractivity contribution in [2.45, 2.75) is 0 Å². The molecule has 0 spiro atoms. The summed E-state index contributed by atoms with van der Waals surface area (Å²) in [6.07, 6.45) is 1.36. The SMILES string of the molecule is O=C(NN=Cc1cc(Cl)c(O)c(Cl)c1)c1cccc(Cl)c1. The normalized spacial score (nSPS) is 10.8. The van der Waals surface area contributed by atoms with Crippen LogP contribution in [-0.4, -0.2) is 17.2 Å². The van der Waals surface area contributed by atoms with Crippen molar-refractivity contribution in [3.8, 4) is 5.75 Å². The van der Waals surface area contributed by atoms with Gasteiger partial charge in [-0.2, -0.15) is 5.10 Å². The lowest BCUT2D eigenvalue weighted by atomic mass is 10.2. The number of hydrazone groups is 1. The Morgan fingerprint density at radius 1 is 1.14 bits per heavy atom. The zero-order valence-electron chi connectivity index (χ0n) is 10.5. The van der Waals surface area contributed by atoms with Crippen LogP contribution in [-0.2, 0) is 0 Å². The number of nitrogens with one attached hydrogen (secondary N) is 1. The molecule has 0 saturated carbocycles. The van der Waals surface area contributed by atoms with Gasteiger partial charge in [-0.15, -0.1) is 0 Å². The maximum atomic E-state index is 11.8. The van der Waals surface area contributed by atoms with Crippen molar-refractivity contribution in [2.24, 2.45) is 5.10 Å². The van der Waals surface area contributed by atoms with E-state index in [-0.39, 0.29) is 15.8 Å². The highest BCUT2D eigenvalue weighted by Crippen LogP contribution is 2.32. The molecule has 0 saturated heterocycles. The second-order valence-electron chi connectivity index (χ2n) is 4.04. The van der Waals surface area contributed by atoms with Crippen molar-refractivity contribution in [2.75, 3.05) is 0 Å². The van der Waals surface area contributed by atoms with Crippen LogP contribution in [0.5, 0.6) is 5.75 Å². The number of phenolic OH excluding ortho intramolecular Hbond substituents is 1. The fourth-order valence-electron chi connectivity index (χ4n) is 1.52. The summed E-state index contributed by atoms with van der Waals surface area (Å²) < 4.78 is 0. The summed E-state index contributed by atoms with van der Waals surface area (Å²) in [5, 5.41) is 13.9. The maximum absolute atomic E-state index is 11.8. The molecule has 108 valence electrons. The standard InChI is InChI=1S/C14H9Cl3N2O2/c15-10-3-1-2-9(6-10)14(21)19-18-7-8-4-11(16)13(20)12(17)5-8/h1-7,20H,(H,19,21). The predicted molar refractivity (Wildman–Crippen MR) is 84.6 cm³/mol. The van der Waals surface area contributed by atoms with Crippen molar-refractivity contribution >= 4 is 46.9 Å². The lowest BCUT2D eigenvalue weighted by molar-refractivity contribution is 0.0955. The van der Waals surface area contributed by atoms with Crippen LogP contribution in [0.25, 0.3) is 0 Å². The molecule has 0 bridgehead atoms. The predicted octanol–water partition coefficient (Wildman–Crippen LogP) is 4.12. The molecule has 0 unspecified atom stereocenters. The number of nitrogens with zero attached hydrogens (tertiary/aromatic N) is 1. The van der Waals surface area contributed by atoms with Gasteiger partial charge in [0.15, 0.2) is 5.75 Å². The molecule has 2 rings (SSSR count). The van der Waals surface area contributed by atoms with Gasteiger partial charge in [0.1, 0.15) is 0 Å². The van der Waals surface area contributed by atoms with E-state index in [1.54, 1.807) is 18.2 Å². The Balaban J connectivity index is 2.07. The molecule has 7 heteroatoms. The van der Waals surface area contributed by atoms with E-state index in [1.807, 2.05) is 0 Å². The summed E-state index contributed by atoms with van der Waals surface area (Å²) in [4.78, 5) is 11.8. The summed E-state index contributed by atoms with van der Waals surface area (Å²) in [7, 11) is 0. The Morgan fingerprint density at radius 2 is 1.81 bits per heavy atom. The van der Waals surface area contributed by atoms with Crippen LogP contribution in [0.4, 0.5) is 0 Å². The quantitative estimate of drug-likeness (QED) is 0.650. The van der Waals surface area contributed by atoms with Crippen molar-refractivity contribution in [3.05, 3.63) is 62.6 Å². The van der Waals surface area contributed by atoms with Crippen LogP contribution >= 0.6 is 34.8 Å². The number of hydrogen-bond acceptors (Lipinski definition) is 3. The van der Waals surface area contributed by atoms with Gasteiger partial charge >= 0.3 is 0 Å². The molecule has 0 aliphatic heterocycles. The lowest BCUT2D eigenvalue weighted by Crippen LogP contribution is -2.17. The van der Waals surface area contributed by atoms with Crippen LogP contribution in [0, 0.1) is 0 Å². The minimum atomic E-state index is -0.398. The molecule has 2 aromatic rings. The number of carbonyl (C=O) groups is 1. The van der Waals surface area contributed by atoms with E-state index < -0.39 is 5.91 Å². The van der Waals surface area contributed by atoms with Gasteiger partial charge in [0.2, 0.25) is 0 Å². The fraction of sp³-hybridized carbons (Fsp3) is 0. The number of phenols is 1. The summed E-state index contributed by atoms with van der Waals surface area (Å²) in [5.74, 6) is -0.594. The van der Waals surface area contributed by atoms with Gasteiger partial charge in [-0.3, -0.25) is 4.79 Å². The van der Waals surface area contributed by atoms with Gasteiger partial charge in [0.05, 0.1) is 16.3 Å². The summed E-state index contributed by atoms with van der Waals surface area (Å²) >= 11 is 17.3. The van der Waals surface area contributed by atoms with E-state index in [4.69, 9.17) is 34.8 Å². The van der Waals surface area contributed by atoms with Crippen molar-refractivity contribution in [3.63, 3.8) is 0 Å². The maximum Gasteiger partial charge on any atom is 0.271 e. The lowest BCUT2D eigenvalue weighted by Gasteiger charge is -2.02. The molecule has 2 aromatic carbocycles. The Hall–Kier alpha value is -1.75. The van der Waals surface area contributed by atoms with Gasteiger partial charge in [0.25, 0.3) is 5.91 Å². The van der Waals surface area contributed by atoms with Gasteiger partial charge in [-0.05, 0) is 35.9 Å². The Labute approximate surface area is 135 Å². The van der Waals surface area contributed by atoms with Crippen LogP contribution in [0.1, 0.15) is 15.9 Å². The number of hydrogen-bond donors (Lipinski definition) is 2. The fourth-order valence-corrected chi connectivity index (χ4v) is 2.21. The van der Waals surface area contributed by atoms with Crippen molar-refractivity contribution in [1.29, 1.82) is 0 Å². The third-order valence-electron chi connectivity index (χ3n) is 2.51. The number of rotatable bonds is 3. The van der Waals surface area contributed by atoms with Crippen LogP contribution in [0.3, 0.4) is 0 Å². The molecule has 21 heavy (non-hydrogen) atoms. The summed E-state index contributed by atoms with van der Waals surface area (Å²) in [5.41, 5.74) is 3.28. The van der Waals surface area contributed by atoms with Gasteiger partial charge in [-0.25, -0.2) is 5.43 Å². The van der Waals surface area contributed by atoms with E-state index in [1.165, 1.54) is 24.4 Å². The largest absolute Gasteiger partial charge is 0.505 e. The molecule has 4 nitrogen and oxygen atoms in total. The zero-order chi connectivity index (χ0) is 15.4. The molecule has 0 aliphatic rings. The van der Waals surface area contributed by atoms with E-state index in [2.05, 4.69) is 10.5 Å². The second-order valence-corrected chi connectivity index (χ2v) is 5.29. The monoisotopic (exact) mass is 342 g/mol. The zero-order valence-corrected chi connectivity index (χ0v) is 12.7. The average Bonchev–Trinajstić information content (AvgIpc) is 2.44. The number of benzene rings is 2. The molecular formula is C14H9Cl3N2O2. The van der Waals surface area contributed by atoms with Gasteiger partial charge in [-0.1, -0.05) is 40.9 Å². The first-order chi connectivity index (χ1) is 9.97. The Morgan fingerprint density at radius 3 is 2.43 bits per heavy atom.